The first-order valence-electron chi connectivity index (χ1n) is 12.2. The Balaban J connectivity index is 1.74. The minimum absolute atomic E-state index is 0.0694. The van der Waals surface area contributed by atoms with E-state index in [0.717, 1.165) is 51.4 Å². The number of hydrogen-bond donors (Lipinski definition) is 5. The zero-order chi connectivity index (χ0) is 23.6. The van der Waals surface area contributed by atoms with E-state index in [1.807, 2.05) is 0 Å². The van der Waals surface area contributed by atoms with Gasteiger partial charge in [-0.1, -0.05) is 32.1 Å². The number of aliphatic hydroxyl groups is 2. The summed E-state index contributed by atoms with van der Waals surface area (Å²) in [7, 11) is 0. The van der Waals surface area contributed by atoms with Crippen LogP contribution in [-0.2, 0) is 4.79 Å². The molecule has 1 aromatic carbocycles. The van der Waals surface area contributed by atoms with Crippen LogP contribution in [0.5, 0.6) is 0 Å². The summed E-state index contributed by atoms with van der Waals surface area (Å²) in [5.74, 6) is -1.45. The van der Waals surface area contributed by atoms with Gasteiger partial charge in [-0.2, -0.15) is 0 Å². The molecule has 184 valence electrons. The third-order valence-electron chi connectivity index (χ3n) is 6.52. The van der Waals surface area contributed by atoms with Crippen molar-refractivity contribution in [2.75, 3.05) is 43.5 Å². The number of anilines is 2. The summed E-state index contributed by atoms with van der Waals surface area (Å²) in [5.41, 5.74) is 1.12. The maximum atomic E-state index is 15.0. The third kappa shape index (κ3) is 7.30. The largest absolute Gasteiger partial charge is 0.395 e. The maximum absolute atomic E-state index is 15.0. The van der Waals surface area contributed by atoms with Gasteiger partial charge >= 0.3 is 0 Å². The topological polar surface area (TPSA) is 114 Å². The van der Waals surface area contributed by atoms with Gasteiger partial charge < -0.3 is 31.1 Å². The Morgan fingerprint density at radius 3 is 2.00 bits per heavy atom. The number of carbonyl (C=O) groups excluding carboxylic acids is 2. The minimum atomic E-state index is -0.542. The average molecular weight is 465 g/mol. The molecule has 0 heterocycles. The number of halogens is 1. The summed E-state index contributed by atoms with van der Waals surface area (Å²) >= 11 is 0. The molecule has 3 rings (SSSR count). The molecular weight excluding hydrogens is 427 g/mol. The van der Waals surface area contributed by atoms with E-state index in [1.54, 1.807) is 6.07 Å². The van der Waals surface area contributed by atoms with Crippen LogP contribution >= 0.6 is 0 Å². The Morgan fingerprint density at radius 2 is 1.42 bits per heavy atom. The Morgan fingerprint density at radius 1 is 0.879 bits per heavy atom. The fraction of sp³-hybridized carbons (Fsp3) is 0.667. The molecule has 0 aromatic heterocycles. The smallest absolute Gasteiger partial charge is 0.253 e. The number of amides is 2. The Bertz CT molecular complexity index is 789. The molecule has 2 aliphatic rings. The third-order valence-corrected chi connectivity index (χ3v) is 6.52. The van der Waals surface area contributed by atoms with Gasteiger partial charge in [0.2, 0.25) is 5.91 Å². The molecule has 0 saturated heterocycles. The number of carbonyl (C=O) groups is 2. The number of aliphatic hydroxyl groups excluding tert-OH is 2. The summed E-state index contributed by atoms with van der Waals surface area (Å²) in [4.78, 5) is 26.6. The van der Waals surface area contributed by atoms with Crippen molar-refractivity contribution < 1.29 is 24.2 Å². The zero-order valence-corrected chi connectivity index (χ0v) is 19.2. The second kappa shape index (κ2) is 12.7. The van der Waals surface area contributed by atoms with Crippen LogP contribution in [0.3, 0.4) is 0 Å². The highest BCUT2D eigenvalue weighted by Gasteiger charge is 2.23. The van der Waals surface area contributed by atoms with Crippen molar-refractivity contribution in [1.29, 1.82) is 0 Å². The fourth-order valence-electron chi connectivity index (χ4n) is 4.71. The first-order valence-corrected chi connectivity index (χ1v) is 12.2. The maximum Gasteiger partial charge on any atom is 0.253 e. The van der Waals surface area contributed by atoms with Crippen LogP contribution in [0.2, 0.25) is 0 Å². The average Bonchev–Trinajstić information content (AvgIpc) is 3.33. The normalized spacial score (nSPS) is 17.1. The lowest BCUT2D eigenvalue weighted by Gasteiger charge is -2.25. The number of nitrogens with one attached hydrogen (secondary N) is 3. The zero-order valence-electron chi connectivity index (χ0n) is 19.2. The van der Waals surface area contributed by atoms with Crippen LogP contribution in [0.1, 0.15) is 68.1 Å². The van der Waals surface area contributed by atoms with E-state index in [2.05, 4.69) is 16.0 Å². The lowest BCUT2D eigenvalue weighted by molar-refractivity contribution is -0.131. The Labute approximate surface area is 194 Å². The first-order chi connectivity index (χ1) is 16.0. The van der Waals surface area contributed by atoms with Crippen LogP contribution in [0, 0.1) is 5.82 Å². The second-order valence-corrected chi connectivity index (χ2v) is 8.99. The first kappa shape index (κ1) is 25.2. The van der Waals surface area contributed by atoms with Gasteiger partial charge in [0, 0.05) is 30.9 Å². The van der Waals surface area contributed by atoms with Gasteiger partial charge in [-0.3, -0.25) is 9.59 Å². The minimum Gasteiger partial charge on any atom is -0.395 e. The predicted molar refractivity (Wildman–Crippen MR) is 126 cm³/mol. The molecule has 2 saturated carbocycles. The molecule has 1 aromatic rings. The van der Waals surface area contributed by atoms with E-state index >= 15 is 0 Å². The number of hydrogen-bond acceptors (Lipinski definition) is 6. The molecule has 9 heteroatoms. The summed E-state index contributed by atoms with van der Waals surface area (Å²) < 4.78 is 15.0. The summed E-state index contributed by atoms with van der Waals surface area (Å²) in [6, 6.07) is 3.38. The van der Waals surface area contributed by atoms with Crippen molar-refractivity contribution in [3.05, 3.63) is 23.5 Å². The summed E-state index contributed by atoms with van der Waals surface area (Å²) in [5, 5.41) is 27.5. The van der Waals surface area contributed by atoms with Gasteiger partial charge in [-0.25, -0.2) is 4.39 Å². The highest BCUT2D eigenvalue weighted by Crippen LogP contribution is 2.31. The van der Waals surface area contributed by atoms with Gasteiger partial charge in [-0.05, 0) is 37.8 Å². The molecule has 5 N–H and O–H groups in total. The van der Waals surface area contributed by atoms with Gasteiger partial charge in [0.25, 0.3) is 5.91 Å². The highest BCUT2D eigenvalue weighted by atomic mass is 19.1. The van der Waals surface area contributed by atoms with E-state index in [-0.39, 0.29) is 50.5 Å². The van der Waals surface area contributed by atoms with Crippen molar-refractivity contribution in [3.8, 4) is 0 Å². The van der Waals surface area contributed by atoms with E-state index < -0.39 is 17.6 Å². The molecule has 33 heavy (non-hydrogen) atoms. The molecule has 0 spiro atoms. The molecular formula is C24H37FN4O4. The van der Waals surface area contributed by atoms with Crippen LogP contribution in [0.4, 0.5) is 15.8 Å². The highest BCUT2D eigenvalue weighted by molar-refractivity contribution is 6.01. The van der Waals surface area contributed by atoms with Crippen molar-refractivity contribution in [2.45, 2.75) is 69.9 Å². The quantitative estimate of drug-likeness (QED) is 0.344. The van der Waals surface area contributed by atoms with Gasteiger partial charge in [-0.15, -0.1) is 0 Å². The van der Waals surface area contributed by atoms with Crippen molar-refractivity contribution in [3.63, 3.8) is 0 Å². The van der Waals surface area contributed by atoms with Crippen LogP contribution in [0.25, 0.3) is 0 Å². The summed E-state index contributed by atoms with van der Waals surface area (Å²) in [6.07, 6.45) is 9.72. The standard InChI is InChI=1S/C24H37FN4O4/c25-20-14-19(24(33)26-16-23(32)29(10-12-30)11-13-31)21(27-17-8-4-5-9-17)15-22(20)28-18-6-2-1-3-7-18/h14-15,17-18,27-28,30-31H,1-13,16H2,(H,26,33). The van der Waals surface area contributed by atoms with Gasteiger partial charge in [0.05, 0.1) is 31.0 Å². The molecule has 0 unspecified atom stereocenters. The molecule has 0 bridgehead atoms. The molecule has 0 atom stereocenters. The van der Waals surface area contributed by atoms with Crippen LogP contribution in [-0.4, -0.2) is 71.9 Å². The van der Waals surface area contributed by atoms with Gasteiger partial charge in [0.1, 0.15) is 5.82 Å². The van der Waals surface area contributed by atoms with E-state index in [1.165, 1.54) is 17.4 Å². The molecule has 0 radical (unpaired) electrons. The van der Waals surface area contributed by atoms with Crippen LogP contribution in [0.15, 0.2) is 12.1 Å². The monoisotopic (exact) mass is 464 g/mol. The second-order valence-electron chi connectivity index (χ2n) is 8.99. The Hall–Kier alpha value is -2.39. The summed E-state index contributed by atoms with van der Waals surface area (Å²) in [6.45, 7) is -0.642. The molecule has 2 fully saturated rings. The molecule has 2 aliphatic carbocycles. The van der Waals surface area contributed by atoms with E-state index in [4.69, 9.17) is 10.2 Å². The fourth-order valence-corrected chi connectivity index (χ4v) is 4.71. The lowest BCUT2D eigenvalue weighted by Crippen LogP contribution is -2.42. The molecule has 0 aliphatic heterocycles. The Kier molecular flexibility index (Phi) is 9.75. The molecule has 8 nitrogen and oxygen atoms in total. The number of nitrogens with zero attached hydrogens (tertiary/aromatic N) is 1. The van der Waals surface area contributed by atoms with Crippen molar-refractivity contribution in [2.24, 2.45) is 0 Å². The molecule has 2 amide bonds. The van der Waals surface area contributed by atoms with Crippen molar-refractivity contribution >= 4 is 23.2 Å². The van der Waals surface area contributed by atoms with Crippen molar-refractivity contribution in [1.82, 2.24) is 10.2 Å². The predicted octanol–water partition coefficient (Wildman–Crippen LogP) is 2.47. The van der Waals surface area contributed by atoms with E-state index in [9.17, 15) is 14.0 Å². The van der Waals surface area contributed by atoms with Crippen LogP contribution < -0.4 is 16.0 Å². The lowest BCUT2D eigenvalue weighted by atomic mass is 9.95. The number of rotatable bonds is 11. The van der Waals surface area contributed by atoms with E-state index in [0.29, 0.717) is 11.4 Å². The van der Waals surface area contributed by atoms with Gasteiger partial charge in [0.15, 0.2) is 0 Å². The number of benzene rings is 1. The SMILES string of the molecule is O=C(NCC(=O)N(CCO)CCO)c1cc(F)c(NC2CCCCC2)cc1NC1CCCC1.